The fraction of sp³-hybridized carbons (Fsp3) is 0.435. The van der Waals surface area contributed by atoms with Crippen molar-refractivity contribution in [2.24, 2.45) is 11.8 Å². The minimum Gasteiger partial charge on any atom is -0.378 e. The summed E-state index contributed by atoms with van der Waals surface area (Å²) >= 11 is 1.00. The lowest BCUT2D eigenvalue weighted by molar-refractivity contribution is -0.126. The van der Waals surface area contributed by atoms with Gasteiger partial charge in [0.1, 0.15) is 15.9 Å². The van der Waals surface area contributed by atoms with E-state index in [4.69, 9.17) is 0 Å². The van der Waals surface area contributed by atoms with Crippen LogP contribution in [0.4, 0.5) is 5.69 Å². The molecule has 0 saturated heterocycles. The van der Waals surface area contributed by atoms with Crippen LogP contribution in [0.1, 0.15) is 31.2 Å². The van der Waals surface area contributed by atoms with Gasteiger partial charge in [0.05, 0.1) is 11.7 Å². The van der Waals surface area contributed by atoms with Gasteiger partial charge in [0, 0.05) is 38.8 Å². The summed E-state index contributed by atoms with van der Waals surface area (Å²) in [6.07, 6.45) is 3.17. The fourth-order valence-corrected chi connectivity index (χ4v) is 6.06. The van der Waals surface area contributed by atoms with Crippen molar-refractivity contribution in [1.29, 1.82) is 0 Å². The Bertz CT molecular complexity index is 1200. The van der Waals surface area contributed by atoms with Gasteiger partial charge in [-0.3, -0.25) is 4.79 Å². The van der Waals surface area contributed by atoms with Crippen LogP contribution < -0.4 is 14.9 Å². The minimum absolute atomic E-state index is 0.0197. The van der Waals surface area contributed by atoms with Crippen molar-refractivity contribution in [2.75, 3.05) is 25.5 Å². The average molecular weight is 488 g/mol. The van der Waals surface area contributed by atoms with E-state index in [0.29, 0.717) is 24.1 Å². The predicted octanol–water partition coefficient (Wildman–Crippen LogP) is 3.16. The Balaban J connectivity index is 1.24. The highest BCUT2D eigenvalue weighted by Gasteiger charge is 2.28. The highest BCUT2D eigenvalue weighted by Crippen LogP contribution is 2.29. The van der Waals surface area contributed by atoms with Crippen LogP contribution in [0, 0.1) is 11.8 Å². The second kappa shape index (κ2) is 10.1. The van der Waals surface area contributed by atoms with Gasteiger partial charge in [0.25, 0.3) is 0 Å². The van der Waals surface area contributed by atoms with Crippen LogP contribution >= 0.6 is 11.7 Å². The summed E-state index contributed by atoms with van der Waals surface area (Å²) in [6, 6.07) is 13.1. The van der Waals surface area contributed by atoms with Gasteiger partial charge < -0.3 is 10.2 Å². The maximum atomic E-state index is 12.8. The monoisotopic (exact) mass is 487 g/mol. The van der Waals surface area contributed by atoms with Gasteiger partial charge in [-0.05, 0) is 61.4 Å². The van der Waals surface area contributed by atoms with Gasteiger partial charge in [-0.25, -0.2) is 13.1 Å². The molecule has 8 nitrogen and oxygen atoms in total. The SMILES string of the molecule is CN(C)c1ccc(CNC(=O)C2CCC(CNS(=O)(=O)c3cccc4nsnc34)CC2)cc1. The summed E-state index contributed by atoms with van der Waals surface area (Å²) in [7, 11) is 0.332. The zero-order valence-electron chi connectivity index (χ0n) is 18.8. The van der Waals surface area contributed by atoms with Gasteiger partial charge in [-0.1, -0.05) is 18.2 Å². The zero-order valence-corrected chi connectivity index (χ0v) is 20.5. The van der Waals surface area contributed by atoms with Crippen molar-refractivity contribution < 1.29 is 13.2 Å². The van der Waals surface area contributed by atoms with E-state index < -0.39 is 10.0 Å². The number of rotatable bonds is 8. The Hall–Kier alpha value is -2.56. The van der Waals surface area contributed by atoms with Crippen molar-refractivity contribution in [3.8, 4) is 0 Å². The first-order chi connectivity index (χ1) is 15.8. The number of nitrogens with one attached hydrogen (secondary N) is 2. The molecular formula is C23H29N5O3S2. The maximum absolute atomic E-state index is 12.8. The van der Waals surface area contributed by atoms with E-state index in [1.807, 2.05) is 43.3 Å². The second-order valence-corrected chi connectivity index (χ2v) is 11.0. The standard InChI is InChI=1S/C23H29N5O3S2/c1-28(2)19-12-8-16(9-13-19)14-24-23(29)18-10-6-17(7-11-18)15-25-33(30,31)21-5-3-4-20-22(21)27-32-26-20/h3-5,8-9,12-13,17-18,25H,6-7,10-11,14-15H2,1-2H3,(H,24,29). The molecule has 10 heteroatoms. The van der Waals surface area contributed by atoms with Crippen LogP contribution in [-0.4, -0.2) is 43.7 Å². The Morgan fingerprint density at radius 2 is 1.79 bits per heavy atom. The molecule has 1 saturated carbocycles. The van der Waals surface area contributed by atoms with E-state index in [0.717, 1.165) is 48.7 Å². The lowest BCUT2D eigenvalue weighted by Gasteiger charge is -2.28. The zero-order chi connectivity index (χ0) is 23.4. The van der Waals surface area contributed by atoms with Crippen LogP contribution in [0.25, 0.3) is 11.0 Å². The summed E-state index contributed by atoms with van der Waals surface area (Å²) < 4.78 is 36.6. The molecule has 2 aromatic carbocycles. The largest absolute Gasteiger partial charge is 0.378 e. The smallest absolute Gasteiger partial charge is 0.242 e. The van der Waals surface area contributed by atoms with Crippen molar-refractivity contribution in [2.45, 2.75) is 37.1 Å². The predicted molar refractivity (Wildman–Crippen MR) is 131 cm³/mol. The van der Waals surface area contributed by atoms with Crippen molar-refractivity contribution in [3.63, 3.8) is 0 Å². The van der Waals surface area contributed by atoms with E-state index in [2.05, 4.69) is 18.8 Å². The third-order valence-corrected chi connectivity index (χ3v) is 8.24. The molecule has 2 N–H and O–H groups in total. The molecule has 1 aromatic heterocycles. The van der Waals surface area contributed by atoms with Gasteiger partial charge in [-0.15, -0.1) is 0 Å². The van der Waals surface area contributed by atoms with Gasteiger partial charge in [0.2, 0.25) is 15.9 Å². The molecule has 0 atom stereocenters. The van der Waals surface area contributed by atoms with E-state index in [1.165, 1.54) is 0 Å². The number of nitrogens with zero attached hydrogens (tertiary/aromatic N) is 3. The lowest BCUT2D eigenvalue weighted by atomic mass is 9.81. The first kappa shape index (κ1) is 23.6. The number of benzene rings is 2. The fourth-order valence-electron chi connectivity index (χ4n) is 4.18. The summed E-state index contributed by atoms with van der Waals surface area (Å²) in [5.74, 6) is 0.275. The molecule has 3 aromatic rings. The number of amides is 1. The van der Waals surface area contributed by atoms with Crippen LogP contribution in [0.2, 0.25) is 0 Å². The molecule has 0 bridgehead atoms. The number of sulfonamides is 1. The third-order valence-electron chi connectivity index (χ3n) is 6.24. The van der Waals surface area contributed by atoms with Gasteiger partial charge >= 0.3 is 0 Å². The number of fused-ring (bicyclic) bond motifs is 1. The Morgan fingerprint density at radius 3 is 2.48 bits per heavy atom. The Morgan fingerprint density at radius 1 is 1.06 bits per heavy atom. The Kier molecular flexibility index (Phi) is 7.26. The van der Waals surface area contributed by atoms with E-state index in [9.17, 15) is 13.2 Å². The van der Waals surface area contributed by atoms with Crippen LogP contribution in [0.5, 0.6) is 0 Å². The minimum atomic E-state index is -3.66. The maximum Gasteiger partial charge on any atom is 0.242 e. The second-order valence-electron chi connectivity index (χ2n) is 8.74. The van der Waals surface area contributed by atoms with Crippen LogP contribution in [-0.2, 0) is 21.4 Å². The number of aromatic nitrogens is 2. The molecule has 1 aliphatic rings. The van der Waals surface area contributed by atoms with E-state index >= 15 is 0 Å². The molecule has 33 heavy (non-hydrogen) atoms. The first-order valence-corrected chi connectivity index (χ1v) is 13.3. The molecule has 1 fully saturated rings. The van der Waals surface area contributed by atoms with Gasteiger partial charge in [-0.2, -0.15) is 8.75 Å². The quantitative estimate of drug-likeness (QED) is 0.506. The molecule has 0 aliphatic heterocycles. The first-order valence-electron chi connectivity index (χ1n) is 11.1. The molecule has 1 amide bonds. The number of hydrogen-bond donors (Lipinski definition) is 2. The normalized spacial score (nSPS) is 18.8. The molecule has 1 heterocycles. The molecule has 0 unspecified atom stereocenters. The number of anilines is 1. The van der Waals surface area contributed by atoms with Crippen molar-refractivity contribution >= 4 is 44.4 Å². The average Bonchev–Trinajstić information content (AvgIpc) is 3.31. The summed E-state index contributed by atoms with van der Waals surface area (Å²) in [5.41, 5.74) is 3.19. The van der Waals surface area contributed by atoms with E-state index in [1.54, 1.807) is 18.2 Å². The van der Waals surface area contributed by atoms with Crippen LogP contribution in [0.3, 0.4) is 0 Å². The molecule has 176 valence electrons. The van der Waals surface area contributed by atoms with E-state index in [-0.39, 0.29) is 22.6 Å². The third kappa shape index (κ3) is 5.69. The number of carbonyl (C=O) groups is 1. The molecule has 0 radical (unpaired) electrons. The van der Waals surface area contributed by atoms with Crippen LogP contribution in [0.15, 0.2) is 47.4 Å². The molecule has 0 spiro atoms. The summed E-state index contributed by atoms with van der Waals surface area (Å²) in [4.78, 5) is 14.8. The summed E-state index contributed by atoms with van der Waals surface area (Å²) in [5, 5.41) is 3.05. The molecule has 4 rings (SSSR count). The van der Waals surface area contributed by atoms with Crippen molar-refractivity contribution in [3.05, 3.63) is 48.0 Å². The Labute approximate surface area is 198 Å². The van der Waals surface area contributed by atoms with Gasteiger partial charge in [0.15, 0.2) is 0 Å². The molecular weight excluding hydrogens is 458 g/mol. The number of carbonyl (C=O) groups excluding carboxylic acids is 1. The van der Waals surface area contributed by atoms with Crippen molar-refractivity contribution in [1.82, 2.24) is 18.8 Å². The lowest BCUT2D eigenvalue weighted by Crippen LogP contribution is -2.36. The number of hydrogen-bond acceptors (Lipinski definition) is 7. The topological polar surface area (TPSA) is 104 Å². The summed E-state index contributed by atoms with van der Waals surface area (Å²) in [6.45, 7) is 0.881. The molecule has 1 aliphatic carbocycles. The highest BCUT2D eigenvalue weighted by molar-refractivity contribution is 7.89. The highest BCUT2D eigenvalue weighted by atomic mass is 32.2.